The van der Waals surface area contributed by atoms with Gasteiger partial charge in [0.1, 0.15) is 5.41 Å². The summed E-state index contributed by atoms with van der Waals surface area (Å²) >= 11 is 0. The Balaban J connectivity index is 2.42. The van der Waals surface area contributed by atoms with Gasteiger partial charge >= 0.3 is 12.0 Å². The second-order valence-electron chi connectivity index (χ2n) is 4.91. The number of carboxylic acid groups (broad SMARTS) is 1. The second-order valence-corrected chi connectivity index (χ2v) is 4.91. The molecule has 0 saturated carbocycles. The van der Waals surface area contributed by atoms with Crippen molar-refractivity contribution >= 4 is 12.0 Å². The highest BCUT2D eigenvalue weighted by molar-refractivity contribution is 5.79. The predicted octanol–water partition coefficient (Wildman–Crippen LogP) is 0.200. The van der Waals surface area contributed by atoms with Crippen LogP contribution < -0.4 is 10.6 Å². The van der Waals surface area contributed by atoms with E-state index in [-0.39, 0.29) is 19.3 Å². The average molecular weight is 274 g/mol. The number of hydrogen-bond acceptors (Lipinski definition) is 4. The van der Waals surface area contributed by atoms with Gasteiger partial charge in [0.25, 0.3) is 0 Å². The summed E-state index contributed by atoms with van der Waals surface area (Å²) in [5.74, 6) is -0.974. The predicted molar refractivity (Wildman–Crippen MR) is 68.0 cm³/mol. The minimum absolute atomic E-state index is 0.0820. The molecule has 2 amide bonds. The third kappa shape index (κ3) is 4.07. The zero-order valence-corrected chi connectivity index (χ0v) is 11.6. The van der Waals surface area contributed by atoms with E-state index in [1.54, 1.807) is 6.92 Å². The maximum atomic E-state index is 11.7. The molecular weight excluding hydrogens is 252 g/mol. The van der Waals surface area contributed by atoms with E-state index >= 15 is 0 Å². The number of carbonyl (C=O) groups excluding carboxylic acids is 1. The summed E-state index contributed by atoms with van der Waals surface area (Å²) in [6, 6.07) is -0.943. The van der Waals surface area contributed by atoms with E-state index in [9.17, 15) is 14.7 Å². The summed E-state index contributed by atoms with van der Waals surface area (Å²) in [6.07, 6.45) is -0.0820. The molecule has 3 unspecified atom stereocenters. The zero-order valence-electron chi connectivity index (χ0n) is 11.6. The van der Waals surface area contributed by atoms with Crippen LogP contribution in [0.5, 0.6) is 0 Å². The maximum Gasteiger partial charge on any atom is 0.315 e. The lowest BCUT2D eigenvalue weighted by molar-refractivity contribution is -0.148. The van der Waals surface area contributed by atoms with Gasteiger partial charge in [0.2, 0.25) is 0 Å². The van der Waals surface area contributed by atoms with Crippen LogP contribution in [-0.2, 0) is 14.3 Å². The molecule has 0 bridgehead atoms. The average Bonchev–Trinajstić information content (AvgIpc) is 2.70. The lowest BCUT2D eigenvalue weighted by atomic mass is 9.85. The minimum atomic E-state index is -1.08. The van der Waals surface area contributed by atoms with E-state index in [1.165, 1.54) is 0 Å². The fourth-order valence-corrected chi connectivity index (χ4v) is 1.87. The molecule has 19 heavy (non-hydrogen) atoms. The Morgan fingerprint density at radius 3 is 2.84 bits per heavy atom. The molecule has 0 aromatic heterocycles. The van der Waals surface area contributed by atoms with Crippen LogP contribution in [0.15, 0.2) is 0 Å². The summed E-state index contributed by atoms with van der Waals surface area (Å²) in [7, 11) is 0. The fraction of sp³-hybridized carbons (Fsp3) is 0.833. The van der Waals surface area contributed by atoms with E-state index in [2.05, 4.69) is 10.6 Å². The molecule has 3 N–H and O–H groups in total. The normalized spacial score (nSPS) is 27.8. The van der Waals surface area contributed by atoms with E-state index in [4.69, 9.17) is 9.47 Å². The molecule has 0 aromatic carbocycles. The van der Waals surface area contributed by atoms with Gasteiger partial charge in [0.05, 0.1) is 25.4 Å². The van der Waals surface area contributed by atoms with Crippen LogP contribution in [0.3, 0.4) is 0 Å². The molecule has 0 aromatic rings. The van der Waals surface area contributed by atoms with Crippen molar-refractivity contribution < 1.29 is 24.2 Å². The molecular formula is C12H22N2O5. The molecule has 7 heteroatoms. The van der Waals surface area contributed by atoms with Gasteiger partial charge in [-0.3, -0.25) is 4.79 Å². The second kappa shape index (κ2) is 6.72. The number of ether oxygens (including phenoxy) is 2. The van der Waals surface area contributed by atoms with Crippen molar-refractivity contribution in [3.8, 4) is 0 Å². The summed E-state index contributed by atoms with van der Waals surface area (Å²) in [4.78, 5) is 22.9. The zero-order chi connectivity index (χ0) is 14.5. The van der Waals surface area contributed by atoms with Crippen LogP contribution >= 0.6 is 0 Å². The molecule has 0 radical (unpaired) electrons. The van der Waals surface area contributed by atoms with Crippen molar-refractivity contribution in [3.05, 3.63) is 0 Å². The highest BCUT2D eigenvalue weighted by Gasteiger charge is 2.47. The van der Waals surface area contributed by atoms with Crippen molar-refractivity contribution in [1.29, 1.82) is 0 Å². The highest BCUT2D eigenvalue weighted by Crippen LogP contribution is 2.28. The highest BCUT2D eigenvalue weighted by atomic mass is 16.5. The quantitative estimate of drug-likeness (QED) is 0.643. The largest absolute Gasteiger partial charge is 0.481 e. The van der Waals surface area contributed by atoms with Gasteiger partial charge in [0.15, 0.2) is 0 Å². The third-order valence-corrected chi connectivity index (χ3v) is 3.25. The van der Waals surface area contributed by atoms with Gasteiger partial charge in [0, 0.05) is 13.2 Å². The van der Waals surface area contributed by atoms with Gasteiger partial charge in [-0.05, 0) is 20.8 Å². The molecule has 1 aliphatic rings. The number of carbonyl (C=O) groups is 2. The Hall–Kier alpha value is -1.34. The standard InChI is InChI=1S/C12H22N2O5/c1-4-19-8(2)5-13-11(17)14-9-6-18-7-12(9,3)10(15)16/h8-9H,4-7H2,1-3H3,(H,15,16)(H2,13,14,17). The van der Waals surface area contributed by atoms with E-state index in [1.807, 2.05) is 13.8 Å². The Labute approximate surface area is 112 Å². The number of aliphatic carboxylic acids is 1. The summed E-state index contributed by atoms with van der Waals surface area (Å²) in [5.41, 5.74) is -1.08. The van der Waals surface area contributed by atoms with Gasteiger partial charge in [-0.1, -0.05) is 0 Å². The number of urea groups is 1. The molecule has 1 saturated heterocycles. The van der Waals surface area contributed by atoms with E-state index in [0.717, 1.165) is 0 Å². The first kappa shape index (κ1) is 15.7. The summed E-state index contributed by atoms with van der Waals surface area (Å²) in [6.45, 7) is 6.56. The summed E-state index contributed by atoms with van der Waals surface area (Å²) < 4.78 is 10.4. The maximum absolute atomic E-state index is 11.7. The molecule has 3 atom stereocenters. The van der Waals surface area contributed by atoms with Crippen molar-refractivity contribution in [1.82, 2.24) is 10.6 Å². The van der Waals surface area contributed by atoms with Crippen molar-refractivity contribution in [3.63, 3.8) is 0 Å². The fourth-order valence-electron chi connectivity index (χ4n) is 1.87. The number of amides is 2. The van der Waals surface area contributed by atoms with Crippen molar-refractivity contribution in [2.45, 2.75) is 32.9 Å². The number of hydrogen-bond donors (Lipinski definition) is 3. The van der Waals surface area contributed by atoms with Crippen LogP contribution in [0.1, 0.15) is 20.8 Å². The Morgan fingerprint density at radius 2 is 2.26 bits per heavy atom. The third-order valence-electron chi connectivity index (χ3n) is 3.25. The molecule has 7 nitrogen and oxygen atoms in total. The van der Waals surface area contributed by atoms with Gasteiger partial charge < -0.3 is 25.2 Å². The number of rotatable bonds is 6. The first-order chi connectivity index (χ1) is 8.90. The molecule has 1 heterocycles. The topological polar surface area (TPSA) is 96.9 Å². The van der Waals surface area contributed by atoms with E-state index in [0.29, 0.717) is 13.2 Å². The first-order valence-electron chi connectivity index (χ1n) is 6.37. The lowest BCUT2D eigenvalue weighted by Gasteiger charge is -2.25. The smallest absolute Gasteiger partial charge is 0.315 e. The van der Waals surface area contributed by atoms with Gasteiger partial charge in [-0.2, -0.15) is 0 Å². The van der Waals surface area contributed by atoms with Crippen molar-refractivity contribution in [2.24, 2.45) is 5.41 Å². The van der Waals surface area contributed by atoms with Crippen LogP contribution in [0.2, 0.25) is 0 Å². The monoisotopic (exact) mass is 274 g/mol. The number of nitrogens with one attached hydrogen (secondary N) is 2. The molecule has 110 valence electrons. The molecule has 1 fully saturated rings. The van der Waals surface area contributed by atoms with Crippen LogP contribution in [-0.4, -0.2) is 55.6 Å². The van der Waals surface area contributed by atoms with Crippen LogP contribution in [0.25, 0.3) is 0 Å². The first-order valence-corrected chi connectivity index (χ1v) is 6.37. The molecule has 1 aliphatic heterocycles. The Bertz CT molecular complexity index is 336. The number of carboxylic acids is 1. The molecule has 1 rings (SSSR count). The minimum Gasteiger partial charge on any atom is -0.481 e. The van der Waals surface area contributed by atoms with Gasteiger partial charge in [-0.25, -0.2) is 4.79 Å². The van der Waals surface area contributed by atoms with E-state index < -0.39 is 23.5 Å². The molecule has 0 spiro atoms. The summed E-state index contributed by atoms with van der Waals surface area (Å²) in [5, 5.41) is 14.5. The molecule has 0 aliphatic carbocycles. The van der Waals surface area contributed by atoms with Crippen molar-refractivity contribution in [2.75, 3.05) is 26.4 Å². The van der Waals surface area contributed by atoms with Crippen LogP contribution in [0, 0.1) is 5.41 Å². The van der Waals surface area contributed by atoms with Gasteiger partial charge in [-0.15, -0.1) is 0 Å². The SMILES string of the molecule is CCOC(C)CNC(=O)NC1COCC1(C)C(=O)O. The lowest BCUT2D eigenvalue weighted by Crippen LogP contribution is -2.53. The Kier molecular flexibility index (Phi) is 5.56. The Morgan fingerprint density at radius 1 is 1.58 bits per heavy atom. The van der Waals surface area contributed by atoms with Crippen LogP contribution in [0.4, 0.5) is 4.79 Å².